The molecule has 5 nitrogen and oxygen atoms in total. The lowest BCUT2D eigenvalue weighted by Gasteiger charge is -2.02. The van der Waals surface area contributed by atoms with Crippen molar-refractivity contribution in [2.45, 2.75) is 26.9 Å². The van der Waals surface area contributed by atoms with E-state index >= 15 is 0 Å². The molecule has 0 aliphatic rings. The van der Waals surface area contributed by atoms with Gasteiger partial charge in [0.2, 0.25) is 0 Å². The zero-order valence-corrected chi connectivity index (χ0v) is 11.7. The van der Waals surface area contributed by atoms with Gasteiger partial charge in [0.25, 0.3) is 0 Å². The van der Waals surface area contributed by atoms with E-state index in [0.29, 0.717) is 6.54 Å². The first-order chi connectivity index (χ1) is 8.08. The molecule has 1 N–H and O–H groups in total. The summed E-state index contributed by atoms with van der Waals surface area (Å²) in [5.41, 5.74) is 3.06. The molecule has 2 aromatic heterocycles. The fourth-order valence-corrected chi connectivity index (χ4v) is 2.20. The van der Waals surface area contributed by atoms with Crippen LogP contribution in [0.25, 0.3) is 0 Å². The van der Waals surface area contributed by atoms with Crippen LogP contribution >= 0.6 is 15.9 Å². The standard InChI is InChI=1S/C11H15BrN4O/c1-7-9(8(2)17-15-7)4-13-5-11-10(12)6-16(3)14-11/h6,13H,4-5H2,1-3H3. The van der Waals surface area contributed by atoms with Crippen molar-refractivity contribution < 1.29 is 4.52 Å². The van der Waals surface area contributed by atoms with Gasteiger partial charge in [-0.1, -0.05) is 5.16 Å². The van der Waals surface area contributed by atoms with Gasteiger partial charge < -0.3 is 9.84 Å². The Morgan fingerprint density at radius 2 is 2.18 bits per heavy atom. The van der Waals surface area contributed by atoms with Gasteiger partial charge in [-0.3, -0.25) is 4.68 Å². The lowest BCUT2D eigenvalue weighted by molar-refractivity contribution is 0.392. The monoisotopic (exact) mass is 298 g/mol. The van der Waals surface area contributed by atoms with Crippen molar-refractivity contribution in [1.82, 2.24) is 20.3 Å². The number of aryl methyl sites for hydroxylation is 3. The summed E-state index contributed by atoms with van der Waals surface area (Å²) in [5, 5.41) is 11.6. The topological polar surface area (TPSA) is 55.9 Å². The van der Waals surface area contributed by atoms with Crippen molar-refractivity contribution in [3.05, 3.63) is 33.4 Å². The predicted molar refractivity (Wildman–Crippen MR) is 67.4 cm³/mol. The Bertz CT molecular complexity index is 498. The molecule has 2 heterocycles. The molecule has 0 saturated heterocycles. The number of aromatic nitrogens is 3. The predicted octanol–water partition coefficient (Wildman–Crippen LogP) is 2.08. The summed E-state index contributed by atoms with van der Waals surface area (Å²) < 4.78 is 7.92. The normalized spacial score (nSPS) is 11.1. The van der Waals surface area contributed by atoms with Gasteiger partial charge >= 0.3 is 0 Å². The molecule has 0 radical (unpaired) electrons. The molecule has 2 aromatic rings. The molecule has 0 saturated carbocycles. The number of nitrogens with one attached hydrogen (secondary N) is 1. The minimum absolute atomic E-state index is 0.714. The smallest absolute Gasteiger partial charge is 0.138 e. The van der Waals surface area contributed by atoms with Crippen LogP contribution in [0.4, 0.5) is 0 Å². The van der Waals surface area contributed by atoms with Crippen molar-refractivity contribution in [3.63, 3.8) is 0 Å². The Balaban J connectivity index is 1.94. The Labute approximate surface area is 108 Å². The highest BCUT2D eigenvalue weighted by molar-refractivity contribution is 9.10. The first-order valence-corrected chi connectivity index (χ1v) is 6.17. The maximum atomic E-state index is 5.11. The maximum absolute atomic E-state index is 5.11. The molecular weight excluding hydrogens is 284 g/mol. The molecule has 0 fully saturated rings. The number of nitrogens with zero attached hydrogens (tertiary/aromatic N) is 3. The summed E-state index contributed by atoms with van der Waals surface area (Å²) in [6.45, 7) is 5.33. The zero-order chi connectivity index (χ0) is 12.4. The number of hydrogen-bond donors (Lipinski definition) is 1. The van der Waals surface area contributed by atoms with Gasteiger partial charge in [0.15, 0.2) is 0 Å². The van der Waals surface area contributed by atoms with Gasteiger partial charge in [0, 0.05) is 31.9 Å². The third kappa shape index (κ3) is 2.76. The molecule has 6 heteroatoms. The average Bonchev–Trinajstić information content (AvgIpc) is 2.74. The van der Waals surface area contributed by atoms with E-state index in [4.69, 9.17) is 4.52 Å². The Kier molecular flexibility index (Phi) is 3.63. The van der Waals surface area contributed by atoms with Crippen LogP contribution in [0, 0.1) is 13.8 Å². The van der Waals surface area contributed by atoms with Gasteiger partial charge in [0.1, 0.15) is 5.76 Å². The van der Waals surface area contributed by atoms with E-state index in [1.165, 1.54) is 0 Å². The summed E-state index contributed by atoms with van der Waals surface area (Å²) in [6.07, 6.45) is 1.94. The third-order valence-corrected chi connectivity index (χ3v) is 3.29. The van der Waals surface area contributed by atoms with Gasteiger partial charge in [-0.05, 0) is 29.8 Å². The van der Waals surface area contributed by atoms with Crippen molar-refractivity contribution in [2.24, 2.45) is 7.05 Å². The van der Waals surface area contributed by atoms with E-state index in [2.05, 4.69) is 31.5 Å². The molecule has 0 aliphatic heterocycles. The summed E-state index contributed by atoms with van der Waals surface area (Å²) in [4.78, 5) is 0. The Hall–Kier alpha value is -1.14. The Morgan fingerprint density at radius 3 is 2.71 bits per heavy atom. The summed E-state index contributed by atoms with van der Waals surface area (Å²) >= 11 is 3.47. The molecule has 17 heavy (non-hydrogen) atoms. The van der Waals surface area contributed by atoms with E-state index < -0.39 is 0 Å². The molecule has 0 atom stereocenters. The first kappa shape index (κ1) is 12.3. The average molecular weight is 299 g/mol. The summed E-state index contributed by atoms with van der Waals surface area (Å²) in [7, 11) is 1.91. The molecule has 0 spiro atoms. The van der Waals surface area contributed by atoms with Crippen LogP contribution in [0.1, 0.15) is 22.7 Å². The lowest BCUT2D eigenvalue weighted by atomic mass is 10.2. The summed E-state index contributed by atoms with van der Waals surface area (Å²) in [5.74, 6) is 0.870. The molecule has 0 aromatic carbocycles. The van der Waals surface area contributed by atoms with E-state index in [9.17, 15) is 0 Å². The van der Waals surface area contributed by atoms with Crippen LogP contribution in [-0.4, -0.2) is 14.9 Å². The fraction of sp³-hybridized carbons (Fsp3) is 0.455. The van der Waals surface area contributed by atoms with Crippen LogP contribution in [-0.2, 0) is 20.1 Å². The van der Waals surface area contributed by atoms with Crippen LogP contribution < -0.4 is 5.32 Å². The van der Waals surface area contributed by atoms with Crippen molar-refractivity contribution in [1.29, 1.82) is 0 Å². The summed E-state index contributed by atoms with van der Waals surface area (Å²) in [6, 6.07) is 0. The van der Waals surface area contributed by atoms with E-state index in [1.807, 2.05) is 27.1 Å². The Morgan fingerprint density at radius 1 is 1.41 bits per heavy atom. The fourth-order valence-electron chi connectivity index (χ4n) is 1.69. The van der Waals surface area contributed by atoms with Gasteiger partial charge in [0.05, 0.1) is 15.9 Å². The number of rotatable bonds is 4. The second-order valence-corrected chi connectivity index (χ2v) is 4.86. The third-order valence-electron chi connectivity index (χ3n) is 2.63. The van der Waals surface area contributed by atoms with Crippen molar-refractivity contribution in [2.75, 3.05) is 0 Å². The molecule has 92 valence electrons. The van der Waals surface area contributed by atoms with Gasteiger partial charge in [-0.15, -0.1) is 0 Å². The van der Waals surface area contributed by atoms with Gasteiger partial charge in [-0.25, -0.2) is 0 Å². The maximum Gasteiger partial charge on any atom is 0.138 e. The quantitative estimate of drug-likeness (QED) is 0.939. The van der Waals surface area contributed by atoms with Gasteiger partial charge in [-0.2, -0.15) is 5.10 Å². The van der Waals surface area contributed by atoms with Crippen LogP contribution in [0.3, 0.4) is 0 Å². The minimum Gasteiger partial charge on any atom is -0.361 e. The molecular formula is C11H15BrN4O. The van der Waals surface area contributed by atoms with E-state index in [0.717, 1.165) is 33.7 Å². The highest BCUT2D eigenvalue weighted by atomic mass is 79.9. The number of hydrogen-bond acceptors (Lipinski definition) is 4. The van der Waals surface area contributed by atoms with Crippen LogP contribution in [0.5, 0.6) is 0 Å². The lowest BCUT2D eigenvalue weighted by Crippen LogP contribution is -2.14. The van der Waals surface area contributed by atoms with E-state index in [1.54, 1.807) is 4.68 Å². The van der Waals surface area contributed by atoms with Crippen LogP contribution in [0.15, 0.2) is 15.2 Å². The van der Waals surface area contributed by atoms with Crippen molar-refractivity contribution >= 4 is 15.9 Å². The first-order valence-electron chi connectivity index (χ1n) is 5.38. The molecule has 0 bridgehead atoms. The van der Waals surface area contributed by atoms with E-state index in [-0.39, 0.29) is 0 Å². The SMILES string of the molecule is Cc1noc(C)c1CNCc1nn(C)cc1Br. The highest BCUT2D eigenvalue weighted by Crippen LogP contribution is 2.15. The largest absolute Gasteiger partial charge is 0.361 e. The zero-order valence-electron chi connectivity index (χ0n) is 10.1. The molecule has 0 amide bonds. The highest BCUT2D eigenvalue weighted by Gasteiger charge is 2.09. The molecule has 0 unspecified atom stereocenters. The number of halogens is 1. The minimum atomic E-state index is 0.714. The van der Waals surface area contributed by atoms with Crippen molar-refractivity contribution in [3.8, 4) is 0 Å². The molecule has 2 rings (SSSR count). The van der Waals surface area contributed by atoms with Crippen LogP contribution in [0.2, 0.25) is 0 Å². The second kappa shape index (κ2) is 5.01. The second-order valence-electron chi connectivity index (χ2n) is 4.00. The molecule has 0 aliphatic carbocycles.